The van der Waals surface area contributed by atoms with Gasteiger partial charge in [-0.15, -0.1) is 0 Å². The lowest BCUT2D eigenvalue weighted by Crippen LogP contribution is -2.21. The molecule has 108 valence electrons. The summed E-state index contributed by atoms with van der Waals surface area (Å²) in [6.07, 6.45) is 2.42. The van der Waals surface area contributed by atoms with Crippen LogP contribution in [-0.4, -0.2) is 20.0 Å². The van der Waals surface area contributed by atoms with E-state index in [1.54, 1.807) is 6.20 Å². The Morgan fingerprint density at radius 1 is 1.35 bits per heavy atom. The van der Waals surface area contributed by atoms with Crippen molar-refractivity contribution >= 4 is 11.6 Å². The Kier molecular flexibility index (Phi) is 4.40. The average Bonchev–Trinajstić information content (AvgIpc) is 2.80. The van der Waals surface area contributed by atoms with E-state index in [1.165, 1.54) is 0 Å². The zero-order valence-electron chi connectivity index (χ0n) is 12.3. The molecule has 6 heteroatoms. The highest BCUT2D eigenvalue weighted by molar-refractivity contribution is 6.31. The maximum atomic E-state index is 6.43. The van der Waals surface area contributed by atoms with Crippen LogP contribution in [0.15, 0.2) is 12.3 Å². The van der Waals surface area contributed by atoms with Crippen LogP contribution in [0.4, 0.5) is 0 Å². The number of nitrogens with zero attached hydrogens (tertiary/aromatic N) is 4. The number of aryl methyl sites for hydroxylation is 2. The van der Waals surface area contributed by atoms with E-state index < -0.39 is 0 Å². The first-order chi connectivity index (χ1) is 9.45. The van der Waals surface area contributed by atoms with Gasteiger partial charge in [0.25, 0.3) is 0 Å². The van der Waals surface area contributed by atoms with E-state index in [9.17, 15) is 0 Å². The van der Waals surface area contributed by atoms with Crippen LogP contribution < -0.4 is 5.73 Å². The summed E-state index contributed by atoms with van der Waals surface area (Å²) in [5.74, 6) is 0. The summed E-state index contributed by atoms with van der Waals surface area (Å²) in [5.41, 5.74) is 9.96. The maximum absolute atomic E-state index is 6.43. The van der Waals surface area contributed by atoms with Crippen molar-refractivity contribution in [2.45, 2.75) is 46.2 Å². The molecule has 0 radical (unpaired) electrons. The van der Waals surface area contributed by atoms with Gasteiger partial charge in [0.15, 0.2) is 0 Å². The van der Waals surface area contributed by atoms with E-state index >= 15 is 0 Å². The third-order valence-corrected chi connectivity index (χ3v) is 3.56. The van der Waals surface area contributed by atoms with Crippen molar-refractivity contribution in [1.29, 1.82) is 0 Å². The van der Waals surface area contributed by atoms with Crippen molar-refractivity contribution in [3.8, 4) is 0 Å². The highest BCUT2D eigenvalue weighted by atomic mass is 35.5. The number of halogens is 1. The van der Waals surface area contributed by atoms with Crippen LogP contribution in [0.3, 0.4) is 0 Å². The quantitative estimate of drug-likeness (QED) is 0.941. The predicted molar refractivity (Wildman–Crippen MR) is 79.8 cm³/mol. The highest BCUT2D eigenvalue weighted by Crippen LogP contribution is 2.29. The second-order valence-electron chi connectivity index (χ2n) is 5.14. The van der Waals surface area contributed by atoms with Crippen molar-refractivity contribution in [1.82, 2.24) is 20.0 Å². The molecule has 0 spiro atoms. The summed E-state index contributed by atoms with van der Waals surface area (Å²) in [6, 6.07) is 1.82. The Morgan fingerprint density at radius 3 is 2.65 bits per heavy atom. The largest absolute Gasteiger partial charge is 0.319 e. The third-order valence-electron chi connectivity index (χ3n) is 3.27. The van der Waals surface area contributed by atoms with E-state index in [1.807, 2.05) is 24.6 Å². The summed E-state index contributed by atoms with van der Waals surface area (Å²) in [7, 11) is 0. The normalized spacial score (nSPS) is 12.9. The summed E-state index contributed by atoms with van der Waals surface area (Å²) < 4.78 is 1.86. The molecule has 2 aromatic heterocycles. The van der Waals surface area contributed by atoms with E-state index in [2.05, 4.69) is 29.1 Å². The van der Waals surface area contributed by atoms with Crippen molar-refractivity contribution in [3.63, 3.8) is 0 Å². The Labute approximate surface area is 124 Å². The Morgan fingerprint density at radius 2 is 2.05 bits per heavy atom. The zero-order valence-corrected chi connectivity index (χ0v) is 13.0. The maximum Gasteiger partial charge on any atom is 0.0837 e. The van der Waals surface area contributed by atoms with Gasteiger partial charge in [0.2, 0.25) is 0 Å². The van der Waals surface area contributed by atoms with E-state index in [0.717, 1.165) is 29.1 Å². The monoisotopic (exact) mass is 293 g/mol. The van der Waals surface area contributed by atoms with Gasteiger partial charge in [0.05, 0.1) is 34.3 Å². The molecule has 2 heterocycles. The van der Waals surface area contributed by atoms with E-state index in [4.69, 9.17) is 17.3 Å². The zero-order chi connectivity index (χ0) is 14.9. The highest BCUT2D eigenvalue weighted by Gasteiger charge is 2.22. The van der Waals surface area contributed by atoms with Gasteiger partial charge < -0.3 is 5.73 Å². The second-order valence-corrected chi connectivity index (χ2v) is 5.54. The summed E-state index contributed by atoms with van der Waals surface area (Å²) in [6.45, 7) is 8.05. The van der Waals surface area contributed by atoms with Crippen molar-refractivity contribution < 1.29 is 0 Å². The van der Waals surface area contributed by atoms with Gasteiger partial charge in [0.1, 0.15) is 0 Å². The molecule has 1 unspecified atom stereocenters. The average molecular weight is 294 g/mol. The fraction of sp³-hybridized carbons (Fsp3) is 0.500. The van der Waals surface area contributed by atoms with Crippen LogP contribution in [-0.2, 0) is 6.42 Å². The topological polar surface area (TPSA) is 69.6 Å². The molecule has 0 aliphatic heterocycles. The van der Waals surface area contributed by atoms with Crippen LogP contribution in [0.2, 0.25) is 5.02 Å². The van der Waals surface area contributed by atoms with Gasteiger partial charge in [0, 0.05) is 11.6 Å². The number of rotatable bonds is 4. The lowest BCUT2D eigenvalue weighted by atomic mass is 10.0. The van der Waals surface area contributed by atoms with Gasteiger partial charge in [-0.3, -0.25) is 4.68 Å². The standard InChI is InChI=1S/C14H20ClN5/c1-5-12-10(6-9(4)18-19-12)13(16)14-11(15)7-17-20(14)8(2)3/h6-8,13H,5,16H2,1-4H3. The predicted octanol–water partition coefficient (Wildman–Crippen LogP) is 2.83. The molecule has 20 heavy (non-hydrogen) atoms. The smallest absolute Gasteiger partial charge is 0.0837 e. The molecule has 0 amide bonds. The van der Waals surface area contributed by atoms with Gasteiger partial charge >= 0.3 is 0 Å². The van der Waals surface area contributed by atoms with Crippen LogP contribution in [0.1, 0.15) is 55.5 Å². The molecule has 0 saturated carbocycles. The number of hydrogen-bond acceptors (Lipinski definition) is 4. The van der Waals surface area contributed by atoms with Crippen molar-refractivity contribution in [2.24, 2.45) is 5.73 Å². The van der Waals surface area contributed by atoms with Crippen molar-refractivity contribution in [3.05, 3.63) is 39.9 Å². The number of nitrogens with two attached hydrogens (primary N) is 1. The van der Waals surface area contributed by atoms with Gasteiger partial charge in [-0.2, -0.15) is 15.3 Å². The molecule has 0 bridgehead atoms. The Balaban J connectivity index is 2.54. The number of hydrogen-bond donors (Lipinski definition) is 1. The first kappa shape index (κ1) is 14.9. The molecule has 0 fully saturated rings. The van der Waals surface area contributed by atoms with Gasteiger partial charge in [-0.05, 0) is 33.3 Å². The van der Waals surface area contributed by atoms with Crippen LogP contribution in [0, 0.1) is 6.92 Å². The van der Waals surface area contributed by atoms with Gasteiger partial charge in [-0.1, -0.05) is 18.5 Å². The molecule has 2 rings (SSSR count). The number of aromatic nitrogens is 4. The lowest BCUT2D eigenvalue weighted by molar-refractivity contribution is 0.498. The molecular weight excluding hydrogens is 274 g/mol. The van der Waals surface area contributed by atoms with Gasteiger partial charge in [-0.25, -0.2) is 0 Å². The summed E-state index contributed by atoms with van der Waals surface area (Å²) >= 11 is 6.27. The molecule has 2 aromatic rings. The minimum Gasteiger partial charge on any atom is -0.319 e. The Hall–Kier alpha value is -1.46. The summed E-state index contributed by atoms with van der Waals surface area (Å²) in [4.78, 5) is 0. The Bertz CT molecular complexity index is 606. The van der Waals surface area contributed by atoms with Crippen molar-refractivity contribution in [2.75, 3.05) is 0 Å². The SMILES string of the molecule is CCc1nnc(C)cc1C(N)c1c(Cl)cnn1C(C)C. The third kappa shape index (κ3) is 2.69. The first-order valence-corrected chi connectivity index (χ1v) is 7.15. The molecular formula is C14H20ClN5. The molecule has 0 aliphatic rings. The molecule has 2 N–H and O–H groups in total. The minimum atomic E-state index is -0.350. The fourth-order valence-electron chi connectivity index (χ4n) is 2.28. The van der Waals surface area contributed by atoms with Crippen LogP contribution in [0.5, 0.6) is 0 Å². The van der Waals surface area contributed by atoms with Crippen LogP contribution in [0.25, 0.3) is 0 Å². The lowest BCUT2D eigenvalue weighted by Gasteiger charge is -2.19. The minimum absolute atomic E-state index is 0.199. The first-order valence-electron chi connectivity index (χ1n) is 6.77. The molecule has 5 nitrogen and oxygen atoms in total. The molecule has 1 atom stereocenters. The molecule has 0 aromatic carbocycles. The molecule has 0 aliphatic carbocycles. The second kappa shape index (κ2) is 5.89. The molecule has 0 saturated heterocycles. The van der Waals surface area contributed by atoms with E-state index in [-0.39, 0.29) is 12.1 Å². The summed E-state index contributed by atoms with van der Waals surface area (Å²) in [5, 5.41) is 13.2. The fourth-order valence-corrected chi connectivity index (χ4v) is 2.53. The van der Waals surface area contributed by atoms with E-state index in [0.29, 0.717) is 5.02 Å². The van der Waals surface area contributed by atoms with Crippen LogP contribution >= 0.6 is 11.6 Å².